The summed E-state index contributed by atoms with van der Waals surface area (Å²) in [5.74, 6) is -0.809. The summed E-state index contributed by atoms with van der Waals surface area (Å²) in [4.78, 5) is 21.7. The average molecular weight is 211 g/mol. The minimum absolute atomic E-state index is 0.0198. The van der Waals surface area contributed by atoms with Crippen molar-refractivity contribution in [2.24, 2.45) is 11.5 Å². The highest BCUT2D eigenvalue weighted by atomic mass is 16.2. The van der Waals surface area contributed by atoms with Crippen LogP contribution in [-0.2, 0) is 16.1 Å². The van der Waals surface area contributed by atoms with Crippen molar-refractivity contribution in [3.05, 3.63) is 12.4 Å². The Morgan fingerprint density at radius 3 is 2.87 bits per heavy atom. The highest BCUT2D eigenvalue weighted by Gasteiger charge is 2.08. The summed E-state index contributed by atoms with van der Waals surface area (Å²) in [5.41, 5.74) is 10.8. The molecule has 0 fully saturated rings. The maximum Gasteiger partial charge on any atom is 0.241 e. The lowest BCUT2D eigenvalue weighted by molar-refractivity contribution is -0.119. The molecule has 0 saturated heterocycles. The quantitative estimate of drug-likeness (QED) is 0.571. The number of anilines is 1. The molecule has 5 N–H and O–H groups in total. The molecule has 0 unspecified atom stereocenters. The van der Waals surface area contributed by atoms with Crippen molar-refractivity contribution in [2.45, 2.75) is 19.5 Å². The van der Waals surface area contributed by atoms with Crippen LogP contribution in [0.5, 0.6) is 0 Å². The van der Waals surface area contributed by atoms with Gasteiger partial charge in [0.2, 0.25) is 11.8 Å². The molecule has 0 spiro atoms. The smallest absolute Gasteiger partial charge is 0.241 e. The van der Waals surface area contributed by atoms with Crippen molar-refractivity contribution in [2.75, 3.05) is 5.32 Å². The first-order valence-electron chi connectivity index (χ1n) is 4.36. The summed E-state index contributed by atoms with van der Waals surface area (Å²) in [6, 6.07) is -0.593. The zero-order chi connectivity index (χ0) is 11.4. The van der Waals surface area contributed by atoms with Crippen LogP contribution >= 0.6 is 0 Å². The van der Waals surface area contributed by atoms with Crippen molar-refractivity contribution >= 4 is 17.5 Å². The number of hydrogen-bond donors (Lipinski definition) is 3. The number of amides is 2. The molecule has 7 heteroatoms. The van der Waals surface area contributed by atoms with Crippen LogP contribution in [0.1, 0.15) is 6.92 Å². The number of nitrogens with two attached hydrogens (primary N) is 2. The predicted octanol–water partition coefficient (Wildman–Crippen LogP) is -1.35. The molecule has 7 nitrogen and oxygen atoms in total. The summed E-state index contributed by atoms with van der Waals surface area (Å²) in [7, 11) is 0. The van der Waals surface area contributed by atoms with Gasteiger partial charge in [-0.3, -0.25) is 14.3 Å². The minimum atomic E-state index is -0.593. The third-order valence-electron chi connectivity index (χ3n) is 1.63. The van der Waals surface area contributed by atoms with E-state index >= 15 is 0 Å². The first-order chi connectivity index (χ1) is 6.99. The molecule has 82 valence electrons. The fraction of sp³-hybridized carbons (Fsp3) is 0.375. The third kappa shape index (κ3) is 3.39. The molecule has 1 aromatic rings. The lowest BCUT2D eigenvalue weighted by atomic mass is 10.3. The zero-order valence-corrected chi connectivity index (χ0v) is 8.30. The normalized spacial score (nSPS) is 12.1. The van der Waals surface area contributed by atoms with Crippen LogP contribution in [0.3, 0.4) is 0 Å². The molecule has 15 heavy (non-hydrogen) atoms. The Balaban J connectivity index is 2.60. The molecule has 0 aliphatic rings. The first-order valence-corrected chi connectivity index (χ1v) is 4.36. The van der Waals surface area contributed by atoms with Crippen molar-refractivity contribution in [3.8, 4) is 0 Å². The SMILES string of the molecule is C[C@H](N)C(=O)Nc1cnn(CC(N)=O)c1. The number of hydrogen-bond acceptors (Lipinski definition) is 4. The Labute approximate surface area is 86.4 Å². The average Bonchev–Trinajstić information content (AvgIpc) is 2.51. The maximum atomic E-state index is 11.2. The Bertz CT molecular complexity index is 371. The number of aromatic nitrogens is 2. The van der Waals surface area contributed by atoms with Gasteiger partial charge in [-0.2, -0.15) is 5.10 Å². The van der Waals surface area contributed by atoms with Gasteiger partial charge in [-0.1, -0.05) is 0 Å². The van der Waals surface area contributed by atoms with Gasteiger partial charge in [-0.05, 0) is 6.92 Å². The molecular formula is C8H13N5O2. The summed E-state index contributed by atoms with van der Waals surface area (Å²) in [5, 5.41) is 6.36. The van der Waals surface area contributed by atoms with Gasteiger partial charge in [-0.15, -0.1) is 0 Å². The number of rotatable bonds is 4. The van der Waals surface area contributed by atoms with Crippen molar-refractivity contribution < 1.29 is 9.59 Å². The minimum Gasteiger partial charge on any atom is -0.368 e. The van der Waals surface area contributed by atoms with Crippen LogP contribution in [0.4, 0.5) is 5.69 Å². The van der Waals surface area contributed by atoms with Crippen LogP contribution in [0.2, 0.25) is 0 Å². The molecule has 0 aromatic carbocycles. The van der Waals surface area contributed by atoms with E-state index in [-0.39, 0.29) is 12.5 Å². The second-order valence-electron chi connectivity index (χ2n) is 3.17. The van der Waals surface area contributed by atoms with Crippen LogP contribution in [0.15, 0.2) is 12.4 Å². The Hall–Kier alpha value is -1.89. The second kappa shape index (κ2) is 4.56. The highest BCUT2D eigenvalue weighted by molar-refractivity contribution is 5.94. The fourth-order valence-electron chi connectivity index (χ4n) is 0.930. The van der Waals surface area contributed by atoms with E-state index in [1.165, 1.54) is 17.1 Å². The van der Waals surface area contributed by atoms with Gasteiger partial charge in [0.05, 0.1) is 17.9 Å². The van der Waals surface area contributed by atoms with E-state index in [2.05, 4.69) is 10.4 Å². The van der Waals surface area contributed by atoms with Gasteiger partial charge < -0.3 is 16.8 Å². The van der Waals surface area contributed by atoms with Gasteiger partial charge in [0.15, 0.2) is 0 Å². The van der Waals surface area contributed by atoms with Crippen molar-refractivity contribution in [1.82, 2.24) is 9.78 Å². The Morgan fingerprint density at radius 1 is 1.67 bits per heavy atom. The molecule has 1 rings (SSSR count). The van der Waals surface area contributed by atoms with Gasteiger partial charge in [0.25, 0.3) is 0 Å². The van der Waals surface area contributed by atoms with Crippen LogP contribution in [-0.4, -0.2) is 27.6 Å². The number of nitrogens with one attached hydrogen (secondary N) is 1. The topological polar surface area (TPSA) is 116 Å². The number of nitrogens with zero attached hydrogens (tertiary/aromatic N) is 2. The van der Waals surface area contributed by atoms with E-state index in [1.54, 1.807) is 6.92 Å². The molecule has 0 aliphatic carbocycles. The maximum absolute atomic E-state index is 11.2. The molecule has 0 aliphatic heterocycles. The lowest BCUT2D eigenvalue weighted by Crippen LogP contribution is -2.32. The molecule has 1 heterocycles. The first kappa shape index (κ1) is 11.2. The molecule has 2 amide bonds. The van der Waals surface area contributed by atoms with Gasteiger partial charge in [0, 0.05) is 6.20 Å². The largest absolute Gasteiger partial charge is 0.368 e. The van der Waals surface area contributed by atoms with Gasteiger partial charge >= 0.3 is 0 Å². The monoisotopic (exact) mass is 211 g/mol. The van der Waals surface area contributed by atoms with Crippen molar-refractivity contribution in [3.63, 3.8) is 0 Å². The van der Waals surface area contributed by atoms with Gasteiger partial charge in [-0.25, -0.2) is 0 Å². The van der Waals surface area contributed by atoms with E-state index in [1.807, 2.05) is 0 Å². The Morgan fingerprint density at radius 2 is 2.33 bits per heavy atom. The molecular weight excluding hydrogens is 198 g/mol. The highest BCUT2D eigenvalue weighted by Crippen LogP contribution is 2.04. The summed E-state index contributed by atoms with van der Waals surface area (Å²) >= 11 is 0. The van der Waals surface area contributed by atoms with Crippen LogP contribution < -0.4 is 16.8 Å². The molecule has 0 radical (unpaired) electrons. The van der Waals surface area contributed by atoms with Crippen LogP contribution in [0, 0.1) is 0 Å². The standard InChI is InChI=1S/C8H13N5O2/c1-5(9)8(15)12-6-2-11-13(3-6)4-7(10)14/h2-3,5H,4,9H2,1H3,(H2,10,14)(H,12,15)/t5-/m0/s1. The third-order valence-corrected chi connectivity index (χ3v) is 1.63. The Kier molecular flexibility index (Phi) is 3.40. The molecule has 0 saturated carbocycles. The van der Waals surface area contributed by atoms with E-state index in [9.17, 15) is 9.59 Å². The van der Waals surface area contributed by atoms with Crippen molar-refractivity contribution in [1.29, 1.82) is 0 Å². The van der Waals surface area contributed by atoms with E-state index in [0.717, 1.165) is 0 Å². The van der Waals surface area contributed by atoms with Crippen LogP contribution in [0.25, 0.3) is 0 Å². The molecule has 1 aromatic heterocycles. The van der Waals surface area contributed by atoms with E-state index in [4.69, 9.17) is 11.5 Å². The lowest BCUT2D eigenvalue weighted by Gasteiger charge is -2.04. The number of primary amides is 1. The molecule has 0 bridgehead atoms. The number of carbonyl (C=O) groups excluding carboxylic acids is 2. The summed E-state index contributed by atoms with van der Waals surface area (Å²) in [6.07, 6.45) is 2.92. The zero-order valence-electron chi connectivity index (χ0n) is 8.30. The molecule has 1 atom stereocenters. The summed E-state index contributed by atoms with van der Waals surface area (Å²) in [6.45, 7) is 1.55. The fourth-order valence-corrected chi connectivity index (χ4v) is 0.930. The number of carbonyl (C=O) groups is 2. The predicted molar refractivity (Wildman–Crippen MR) is 53.7 cm³/mol. The second-order valence-corrected chi connectivity index (χ2v) is 3.17. The van der Waals surface area contributed by atoms with E-state index < -0.39 is 11.9 Å². The van der Waals surface area contributed by atoms with E-state index in [0.29, 0.717) is 5.69 Å². The summed E-state index contributed by atoms with van der Waals surface area (Å²) < 4.78 is 1.33. The van der Waals surface area contributed by atoms with Gasteiger partial charge in [0.1, 0.15) is 6.54 Å².